The first-order chi connectivity index (χ1) is 19.6. The second kappa shape index (κ2) is 12.8. The van der Waals surface area contributed by atoms with Crippen LogP contribution in [0.15, 0.2) is 51.7 Å². The van der Waals surface area contributed by atoms with Crippen LogP contribution >= 0.6 is 0 Å². The van der Waals surface area contributed by atoms with Crippen LogP contribution in [-0.4, -0.2) is 77.7 Å². The maximum Gasteiger partial charge on any atom is 0.331 e. The molecule has 220 valence electrons. The Balaban J connectivity index is 1.80. The lowest BCUT2D eigenvalue weighted by atomic mass is 9.89. The van der Waals surface area contributed by atoms with Crippen LogP contribution in [0.2, 0.25) is 0 Å². The highest BCUT2D eigenvalue weighted by Gasteiger charge is 2.49. The summed E-state index contributed by atoms with van der Waals surface area (Å²) in [6.45, 7) is 2.58. The molecule has 11 heteroatoms. The number of carbonyl (C=O) groups excluding carboxylic acids is 1. The zero-order chi connectivity index (χ0) is 29.8. The average Bonchev–Trinajstić information content (AvgIpc) is 2.94. The van der Waals surface area contributed by atoms with Crippen molar-refractivity contribution in [1.29, 1.82) is 0 Å². The van der Waals surface area contributed by atoms with Crippen molar-refractivity contribution < 1.29 is 48.6 Å². The van der Waals surface area contributed by atoms with Gasteiger partial charge in [0, 0.05) is 18.6 Å². The molecule has 1 fully saturated rings. The molecule has 1 aromatic heterocycles. The van der Waals surface area contributed by atoms with Crippen LogP contribution in [-0.2, 0) is 20.7 Å². The minimum atomic E-state index is -1.68. The van der Waals surface area contributed by atoms with Gasteiger partial charge in [0.2, 0.25) is 0 Å². The predicted molar refractivity (Wildman–Crippen MR) is 148 cm³/mol. The Labute approximate surface area is 236 Å². The molecule has 6 atom stereocenters. The Hall–Kier alpha value is -3.74. The highest BCUT2D eigenvalue weighted by Crippen LogP contribution is 2.43. The van der Waals surface area contributed by atoms with E-state index in [-0.39, 0.29) is 39.9 Å². The van der Waals surface area contributed by atoms with Crippen LogP contribution < -0.4 is 14.9 Å². The van der Waals surface area contributed by atoms with E-state index in [0.717, 1.165) is 6.08 Å². The quantitative estimate of drug-likeness (QED) is 0.219. The number of fused-ring (bicyclic) bond motifs is 1. The third-order valence-corrected chi connectivity index (χ3v) is 6.90. The summed E-state index contributed by atoms with van der Waals surface area (Å²) in [5, 5.41) is 41.7. The van der Waals surface area contributed by atoms with E-state index in [9.17, 15) is 30.0 Å². The summed E-state index contributed by atoms with van der Waals surface area (Å²) in [4.78, 5) is 26.1. The molecule has 0 amide bonds. The average molecular weight is 571 g/mol. The molecular formula is C30H34O11. The maximum absolute atomic E-state index is 13.1. The van der Waals surface area contributed by atoms with Crippen molar-refractivity contribution in [3.8, 4) is 11.5 Å². The Morgan fingerprint density at radius 2 is 1.80 bits per heavy atom. The van der Waals surface area contributed by atoms with E-state index in [0.29, 0.717) is 16.9 Å². The molecule has 2 aromatic carbocycles. The zero-order valence-corrected chi connectivity index (χ0v) is 23.1. The summed E-state index contributed by atoms with van der Waals surface area (Å²) >= 11 is 0. The Morgan fingerprint density at radius 3 is 2.41 bits per heavy atom. The van der Waals surface area contributed by atoms with Gasteiger partial charge in [-0.15, -0.1) is 0 Å². The third kappa shape index (κ3) is 6.45. The highest BCUT2D eigenvalue weighted by molar-refractivity contribution is 5.88. The Kier molecular flexibility index (Phi) is 9.46. The van der Waals surface area contributed by atoms with Crippen molar-refractivity contribution in [3.63, 3.8) is 0 Å². The van der Waals surface area contributed by atoms with Gasteiger partial charge in [-0.2, -0.15) is 0 Å². The Bertz CT molecular complexity index is 1460. The monoisotopic (exact) mass is 570 g/mol. The van der Waals surface area contributed by atoms with Crippen LogP contribution in [0.1, 0.15) is 35.5 Å². The predicted octanol–water partition coefficient (Wildman–Crippen LogP) is 1.82. The first kappa shape index (κ1) is 30.2. The van der Waals surface area contributed by atoms with E-state index < -0.39 is 49.2 Å². The molecule has 1 aliphatic rings. The molecule has 0 unspecified atom stereocenters. The summed E-state index contributed by atoms with van der Waals surface area (Å²) in [6.07, 6.45) is -5.46. The second-order valence-corrected chi connectivity index (χ2v) is 9.91. The summed E-state index contributed by atoms with van der Waals surface area (Å²) in [5.74, 6) is 0.190. The van der Waals surface area contributed by atoms with Crippen LogP contribution in [0.5, 0.6) is 11.5 Å². The topological polar surface area (TPSA) is 165 Å². The summed E-state index contributed by atoms with van der Waals surface area (Å²) < 4.78 is 28.4. The molecule has 0 radical (unpaired) electrons. The molecule has 4 N–H and O–H groups in total. The van der Waals surface area contributed by atoms with Crippen LogP contribution in [0, 0.1) is 6.92 Å². The summed E-state index contributed by atoms with van der Waals surface area (Å²) in [7, 11) is 2.93. The van der Waals surface area contributed by atoms with Gasteiger partial charge >= 0.3 is 5.97 Å². The number of ether oxygens (including phenoxy) is 4. The number of esters is 1. The third-order valence-electron chi connectivity index (χ3n) is 6.90. The zero-order valence-electron chi connectivity index (χ0n) is 23.1. The molecule has 1 saturated heterocycles. The first-order valence-corrected chi connectivity index (χ1v) is 13.0. The number of carbonyl (C=O) groups is 1. The molecule has 11 nitrogen and oxygen atoms in total. The number of aliphatic hydroxyl groups is 4. The fraction of sp³-hybridized carbons (Fsp3) is 0.400. The normalized spacial score (nSPS) is 23.5. The maximum atomic E-state index is 13.1. The lowest BCUT2D eigenvalue weighted by molar-refractivity contribution is -0.239. The highest BCUT2D eigenvalue weighted by atomic mass is 16.6. The number of aliphatic hydroxyl groups excluding tert-OH is 4. The van der Waals surface area contributed by atoms with Gasteiger partial charge in [0.05, 0.1) is 37.9 Å². The van der Waals surface area contributed by atoms with E-state index in [4.69, 9.17) is 23.4 Å². The van der Waals surface area contributed by atoms with Crippen molar-refractivity contribution in [2.45, 2.75) is 56.9 Å². The smallest absolute Gasteiger partial charge is 0.331 e. The summed E-state index contributed by atoms with van der Waals surface area (Å²) in [5.41, 5.74) is 1.02. The van der Waals surface area contributed by atoms with Crippen molar-refractivity contribution in [2.75, 3.05) is 20.8 Å². The van der Waals surface area contributed by atoms with E-state index in [2.05, 4.69) is 0 Å². The second-order valence-electron chi connectivity index (χ2n) is 9.91. The standard InChI is InChI=1S/C30H34O11/c1-15-11-21(38-4)25(28-24(15)20(33)13-19(39-28)12-16(2)32)29-30(27(36)26(35)22(14-31)40-29)41-23(34)10-7-17-5-8-18(37-3)9-6-17/h5-11,13,16,22,26-27,29-32,35-36H,12,14H2,1-4H3/b10-7+/t16-,22+,26+,27-,29-,30+/m0/s1. The van der Waals surface area contributed by atoms with Crippen molar-refractivity contribution in [1.82, 2.24) is 0 Å². The minimum absolute atomic E-state index is 0.0432. The van der Waals surface area contributed by atoms with Gasteiger partial charge in [-0.05, 0) is 49.2 Å². The molecule has 0 bridgehead atoms. The summed E-state index contributed by atoms with van der Waals surface area (Å²) in [6, 6.07) is 9.78. The van der Waals surface area contributed by atoms with E-state index in [1.807, 2.05) is 0 Å². The Morgan fingerprint density at radius 1 is 1.10 bits per heavy atom. The molecular weight excluding hydrogens is 536 g/mol. The van der Waals surface area contributed by atoms with Gasteiger partial charge in [0.15, 0.2) is 11.5 Å². The number of methoxy groups -OCH3 is 2. The molecule has 0 saturated carbocycles. The molecule has 0 aliphatic carbocycles. The molecule has 1 aliphatic heterocycles. The minimum Gasteiger partial charge on any atom is -0.497 e. The molecule has 0 spiro atoms. The van der Waals surface area contributed by atoms with Crippen LogP contribution in [0.25, 0.3) is 17.0 Å². The molecule has 4 rings (SSSR count). The van der Waals surface area contributed by atoms with Gasteiger partial charge in [0.25, 0.3) is 0 Å². The van der Waals surface area contributed by atoms with Gasteiger partial charge in [0.1, 0.15) is 47.3 Å². The lowest BCUT2D eigenvalue weighted by Crippen LogP contribution is -2.56. The number of rotatable bonds is 9. The van der Waals surface area contributed by atoms with Crippen molar-refractivity contribution in [3.05, 3.63) is 75.1 Å². The van der Waals surface area contributed by atoms with Crippen molar-refractivity contribution >= 4 is 23.0 Å². The van der Waals surface area contributed by atoms with Crippen LogP contribution in [0.4, 0.5) is 0 Å². The first-order valence-electron chi connectivity index (χ1n) is 13.0. The van der Waals surface area contributed by atoms with Crippen LogP contribution in [0.3, 0.4) is 0 Å². The van der Waals surface area contributed by atoms with Gasteiger partial charge in [-0.25, -0.2) is 4.79 Å². The molecule has 2 heterocycles. The number of hydrogen-bond donors (Lipinski definition) is 4. The van der Waals surface area contributed by atoms with Gasteiger partial charge < -0.3 is 43.8 Å². The lowest BCUT2D eigenvalue weighted by Gasteiger charge is -2.42. The molecule has 41 heavy (non-hydrogen) atoms. The van der Waals surface area contributed by atoms with Gasteiger partial charge in [-0.3, -0.25) is 4.79 Å². The van der Waals surface area contributed by atoms with Crippen molar-refractivity contribution in [2.24, 2.45) is 0 Å². The van der Waals surface area contributed by atoms with E-state index in [1.54, 1.807) is 44.2 Å². The fourth-order valence-electron chi connectivity index (χ4n) is 4.90. The number of hydrogen-bond acceptors (Lipinski definition) is 11. The number of benzene rings is 2. The van der Waals surface area contributed by atoms with Gasteiger partial charge in [-0.1, -0.05) is 12.1 Å². The van der Waals surface area contributed by atoms with E-state index >= 15 is 0 Å². The number of aryl methyl sites for hydroxylation is 1. The SMILES string of the molecule is COc1ccc(/C=C/C(=O)O[C@@H]2[C@@H](O)[C@H](O)[C@@H](CO)O[C@H]2c2c(OC)cc(C)c3c(=O)cc(C[C@H](C)O)oc23)cc1. The van der Waals surface area contributed by atoms with E-state index in [1.165, 1.54) is 26.4 Å². The largest absolute Gasteiger partial charge is 0.497 e. The fourth-order valence-corrected chi connectivity index (χ4v) is 4.90. The molecule has 3 aromatic rings.